The third-order valence-corrected chi connectivity index (χ3v) is 3.40. The Morgan fingerprint density at radius 2 is 2.35 bits per heavy atom. The second-order valence-electron chi connectivity index (χ2n) is 5.23. The summed E-state index contributed by atoms with van der Waals surface area (Å²) in [7, 11) is 0. The number of aromatic nitrogens is 3. The minimum absolute atomic E-state index is 0.297. The highest BCUT2D eigenvalue weighted by molar-refractivity contribution is 6.20. The van der Waals surface area contributed by atoms with Gasteiger partial charge in [-0.15, -0.1) is 11.6 Å². The number of hydrogen-bond acceptors (Lipinski definition) is 3. The average molecular weight is 257 g/mol. The lowest BCUT2D eigenvalue weighted by Gasteiger charge is -2.29. The Bertz CT molecular complexity index is 350. The molecule has 2 rings (SSSR count). The van der Waals surface area contributed by atoms with Crippen LogP contribution in [0.15, 0.2) is 6.33 Å². The first kappa shape index (κ1) is 12.8. The molecule has 0 aromatic carbocycles. The van der Waals surface area contributed by atoms with Crippen molar-refractivity contribution in [2.24, 2.45) is 5.92 Å². The lowest BCUT2D eigenvalue weighted by molar-refractivity contribution is 0.214. The fourth-order valence-corrected chi connectivity index (χ4v) is 2.60. The van der Waals surface area contributed by atoms with Crippen LogP contribution in [0.1, 0.15) is 32.5 Å². The zero-order valence-electron chi connectivity index (χ0n) is 10.6. The van der Waals surface area contributed by atoms with Gasteiger partial charge in [0.05, 0.1) is 6.54 Å². The molecule has 1 atom stereocenters. The number of hydrogen-bond donors (Lipinski definition) is 0. The number of alkyl halides is 1. The van der Waals surface area contributed by atoms with E-state index < -0.39 is 0 Å². The van der Waals surface area contributed by atoms with Crippen molar-refractivity contribution in [2.45, 2.75) is 45.2 Å². The molecule has 1 saturated heterocycles. The van der Waals surface area contributed by atoms with E-state index in [0.29, 0.717) is 11.3 Å². The maximum absolute atomic E-state index is 6.19. The molecule has 1 aliphatic heterocycles. The van der Waals surface area contributed by atoms with E-state index >= 15 is 0 Å². The first-order chi connectivity index (χ1) is 8.15. The smallest absolute Gasteiger partial charge is 0.141 e. The molecule has 0 saturated carbocycles. The van der Waals surface area contributed by atoms with Crippen LogP contribution in [0.3, 0.4) is 0 Å². The maximum Gasteiger partial charge on any atom is 0.141 e. The van der Waals surface area contributed by atoms with Crippen LogP contribution in [-0.4, -0.2) is 38.1 Å². The molecule has 0 amide bonds. The zero-order chi connectivity index (χ0) is 12.3. The molecule has 1 aliphatic rings. The van der Waals surface area contributed by atoms with Gasteiger partial charge < -0.3 is 0 Å². The minimum atomic E-state index is 0.297. The predicted octanol–water partition coefficient (Wildman–Crippen LogP) is 2.14. The molecule has 96 valence electrons. The van der Waals surface area contributed by atoms with Crippen molar-refractivity contribution < 1.29 is 0 Å². The molecule has 0 spiro atoms. The Kier molecular flexibility index (Phi) is 4.40. The van der Waals surface area contributed by atoms with E-state index in [4.69, 9.17) is 11.6 Å². The molecule has 1 aromatic heterocycles. The van der Waals surface area contributed by atoms with Crippen LogP contribution < -0.4 is 0 Å². The molecule has 1 fully saturated rings. The fraction of sp³-hybridized carbons (Fsp3) is 0.833. The van der Waals surface area contributed by atoms with E-state index in [-0.39, 0.29) is 0 Å². The first-order valence-corrected chi connectivity index (χ1v) is 6.82. The molecule has 0 bridgehead atoms. The predicted molar refractivity (Wildman–Crippen MR) is 69.0 cm³/mol. The van der Waals surface area contributed by atoms with Gasteiger partial charge >= 0.3 is 0 Å². The van der Waals surface area contributed by atoms with Gasteiger partial charge in [0.15, 0.2) is 0 Å². The zero-order valence-corrected chi connectivity index (χ0v) is 11.4. The number of nitrogens with zero attached hydrogens (tertiary/aromatic N) is 4. The maximum atomic E-state index is 6.19. The SMILES string of the molecule is CC(C)Cn1ncnc1CN1CCCC(Cl)C1. The first-order valence-electron chi connectivity index (χ1n) is 6.38. The van der Waals surface area contributed by atoms with Crippen molar-refractivity contribution in [2.75, 3.05) is 13.1 Å². The van der Waals surface area contributed by atoms with Crippen LogP contribution in [0.2, 0.25) is 0 Å². The summed E-state index contributed by atoms with van der Waals surface area (Å²) in [5.74, 6) is 1.65. The van der Waals surface area contributed by atoms with Crippen molar-refractivity contribution >= 4 is 11.6 Å². The van der Waals surface area contributed by atoms with E-state index in [1.807, 2.05) is 4.68 Å². The second kappa shape index (κ2) is 5.83. The van der Waals surface area contributed by atoms with Crippen LogP contribution in [-0.2, 0) is 13.1 Å². The van der Waals surface area contributed by atoms with Gasteiger partial charge in [-0.1, -0.05) is 13.8 Å². The average Bonchev–Trinajstić information content (AvgIpc) is 2.65. The summed E-state index contributed by atoms with van der Waals surface area (Å²) in [5, 5.41) is 4.58. The minimum Gasteiger partial charge on any atom is -0.294 e. The van der Waals surface area contributed by atoms with Gasteiger partial charge in [0.2, 0.25) is 0 Å². The van der Waals surface area contributed by atoms with Gasteiger partial charge in [-0.2, -0.15) is 5.10 Å². The Hall–Kier alpha value is -0.610. The summed E-state index contributed by atoms with van der Waals surface area (Å²) in [6.45, 7) is 8.29. The molecule has 0 aliphatic carbocycles. The molecule has 5 heteroatoms. The number of piperidine rings is 1. The summed E-state index contributed by atoms with van der Waals surface area (Å²) in [6, 6.07) is 0. The van der Waals surface area contributed by atoms with Crippen LogP contribution in [0.4, 0.5) is 0 Å². The highest BCUT2D eigenvalue weighted by Crippen LogP contribution is 2.16. The van der Waals surface area contributed by atoms with Gasteiger partial charge in [-0.3, -0.25) is 4.90 Å². The number of rotatable bonds is 4. The number of likely N-dealkylation sites (tertiary alicyclic amines) is 1. The van der Waals surface area contributed by atoms with Gasteiger partial charge in [0.1, 0.15) is 12.2 Å². The normalized spacial score (nSPS) is 22.2. The lowest BCUT2D eigenvalue weighted by atomic mass is 10.1. The number of halogens is 1. The third kappa shape index (κ3) is 3.68. The highest BCUT2D eigenvalue weighted by atomic mass is 35.5. The Labute approximate surface area is 108 Å². The van der Waals surface area contributed by atoms with Crippen LogP contribution in [0, 0.1) is 5.92 Å². The van der Waals surface area contributed by atoms with Crippen molar-refractivity contribution in [3.8, 4) is 0 Å². The standard InChI is InChI=1S/C12H21ClN4/c1-10(2)6-17-12(14-9-15-17)8-16-5-3-4-11(13)7-16/h9-11H,3-8H2,1-2H3. The molecule has 1 unspecified atom stereocenters. The summed E-state index contributed by atoms with van der Waals surface area (Å²) >= 11 is 6.19. The van der Waals surface area contributed by atoms with Crippen LogP contribution in [0.25, 0.3) is 0 Å². The molecule has 0 radical (unpaired) electrons. The summed E-state index contributed by atoms with van der Waals surface area (Å²) in [4.78, 5) is 6.73. The van der Waals surface area contributed by atoms with Gasteiger partial charge in [0, 0.05) is 18.5 Å². The molecule has 0 N–H and O–H groups in total. The van der Waals surface area contributed by atoms with Gasteiger partial charge in [-0.25, -0.2) is 9.67 Å². The van der Waals surface area contributed by atoms with Gasteiger partial charge in [0.25, 0.3) is 0 Å². The fourth-order valence-electron chi connectivity index (χ4n) is 2.25. The molecule has 1 aromatic rings. The van der Waals surface area contributed by atoms with E-state index in [2.05, 4.69) is 28.8 Å². The van der Waals surface area contributed by atoms with Gasteiger partial charge in [-0.05, 0) is 25.3 Å². The van der Waals surface area contributed by atoms with E-state index in [9.17, 15) is 0 Å². The van der Waals surface area contributed by atoms with Crippen molar-refractivity contribution in [1.82, 2.24) is 19.7 Å². The summed E-state index contributed by atoms with van der Waals surface area (Å²) < 4.78 is 2.02. The lowest BCUT2D eigenvalue weighted by Crippen LogP contribution is -2.36. The quantitative estimate of drug-likeness (QED) is 0.774. The topological polar surface area (TPSA) is 34.0 Å². The molecule has 2 heterocycles. The molecule has 4 nitrogen and oxygen atoms in total. The summed E-state index contributed by atoms with van der Waals surface area (Å²) in [5.41, 5.74) is 0. The van der Waals surface area contributed by atoms with E-state index in [1.165, 1.54) is 6.42 Å². The largest absolute Gasteiger partial charge is 0.294 e. The monoisotopic (exact) mass is 256 g/mol. The van der Waals surface area contributed by atoms with Crippen LogP contribution >= 0.6 is 11.6 Å². The third-order valence-electron chi connectivity index (χ3n) is 3.05. The van der Waals surface area contributed by atoms with E-state index in [1.54, 1.807) is 6.33 Å². The summed E-state index contributed by atoms with van der Waals surface area (Å²) in [6.07, 6.45) is 3.98. The Morgan fingerprint density at radius 1 is 1.53 bits per heavy atom. The highest BCUT2D eigenvalue weighted by Gasteiger charge is 2.19. The van der Waals surface area contributed by atoms with E-state index in [0.717, 1.165) is 38.4 Å². The van der Waals surface area contributed by atoms with Crippen molar-refractivity contribution in [1.29, 1.82) is 0 Å². The Balaban J connectivity index is 1.95. The van der Waals surface area contributed by atoms with Crippen LogP contribution in [0.5, 0.6) is 0 Å². The van der Waals surface area contributed by atoms with Crippen molar-refractivity contribution in [3.63, 3.8) is 0 Å². The second-order valence-corrected chi connectivity index (χ2v) is 5.84. The molecular formula is C12H21ClN4. The van der Waals surface area contributed by atoms with Crippen molar-refractivity contribution in [3.05, 3.63) is 12.2 Å². The Morgan fingerprint density at radius 3 is 3.06 bits per heavy atom. The molecular weight excluding hydrogens is 236 g/mol. The molecule has 17 heavy (non-hydrogen) atoms.